The van der Waals surface area contributed by atoms with E-state index in [1.807, 2.05) is 30.3 Å². The average Bonchev–Trinajstić information content (AvgIpc) is 2.84. The summed E-state index contributed by atoms with van der Waals surface area (Å²) in [5.41, 5.74) is 0.853. The Hall–Kier alpha value is -1.73. The molecule has 6 nitrogen and oxygen atoms in total. The van der Waals surface area contributed by atoms with Crippen molar-refractivity contribution in [1.82, 2.24) is 10.2 Å². The van der Waals surface area contributed by atoms with Gasteiger partial charge in [-0.25, -0.2) is 4.79 Å². The number of carboxylic acids is 1. The lowest BCUT2D eigenvalue weighted by Gasteiger charge is -2.43. The molecular formula is C16H17ClN2O4S. The van der Waals surface area contributed by atoms with Gasteiger partial charge in [0.1, 0.15) is 17.5 Å². The second kappa shape index (κ2) is 6.29. The molecule has 0 aliphatic carbocycles. The zero-order valence-electron chi connectivity index (χ0n) is 12.9. The summed E-state index contributed by atoms with van der Waals surface area (Å²) in [6.07, 6.45) is 0.178. The van der Waals surface area contributed by atoms with Crippen LogP contribution in [0.3, 0.4) is 0 Å². The molecule has 2 N–H and O–H groups in total. The second-order valence-corrected chi connectivity index (χ2v) is 8.07. The zero-order valence-corrected chi connectivity index (χ0v) is 14.5. The van der Waals surface area contributed by atoms with E-state index in [0.29, 0.717) is 0 Å². The van der Waals surface area contributed by atoms with Crippen molar-refractivity contribution in [3.05, 3.63) is 35.9 Å². The highest BCUT2D eigenvalue weighted by molar-refractivity contribution is 8.01. The van der Waals surface area contributed by atoms with E-state index in [0.717, 1.165) is 5.56 Å². The molecule has 1 aromatic rings. The number of carboxylic acid groups (broad SMARTS) is 1. The SMILES string of the molecule is C[C@@]1(CCl)S[C@H]2C(NC(=O)Cc3ccccc3)C(=O)N2C1C(=O)O. The molecule has 24 heavy (non-hydrogen) atoms. The summed E-state index contributed by atoms with van der Waals surface area (Å²) in [6, 6.07) is 7.55. The molecule has 2 aliphatic rings. The number of hydrogen-bond acceptors (Lipinski definition) is 4. The third-order valence-electron chi connectivity index (χ3n) is 4.35. The van der Waals surface area contributed by atoms with Crippen molar-refractivity contribution < 1.29 is 19.5 Å². The van der Waals surface area contributed by atoms with Gasteiger partial charge in [-0.3, -0.25) is 9.59 Å². The first-order valence-electron chi connectivity index (χ1n) is 7.49. The summed E-state index contributed by atoms with van der Waals surface area (Å²) < 4.78 is -0.771. The van der Waals surface area contributed by atoms with Crippen LogP contribution in [0.15, 0.2) is 30.3 Å². The van der Waals surface area contributed by atoms with Crippen molar-refractivity contribution >= 4 is 41.1 Å². The van der Waals surface area contributed by atoms with E-state index in [2.05, 4.69) is 5.32 Å². The molecule has 2 saturated heterocycles. The first kappa shape index (κ1) is 17.1. The molecule has 2 heterocycles. The van der Waals surface area contributed by atoms with Crippen LogP contribution < -0.4 is 5.32 Å². The highest BCUT2D eigenvalue weighted by atomic mass is 35.5. The van der Waals surface area contributed by atoms with Crippen molar-refractivity contribution in [3.63, 3.8) is 0 Å². The van der Waals surface area contributed by atoms with Crippen LogP contribution in [0.1, 0.15) is 12.5 Å². The average molecular weight is 369 g/mol. The molecule has 2 unspecified atom stereocenters. The Kier molecular flexibility index (Phi) is 4.48. The van der Waals surface area contributed by atoms with Crippen LogP contribution >= 0.6 is 23.4 Å². The first-order chi connectivity index (χ1) is 11.4. The number of alkyl halides is 1. The minimum Gasteiger partial charge on any atom is -0.480 e. The predicted molar refractivity (Wildman–Crippen MR) is 90.9 cm³/mol. The summed E-state index contributed by atoms with van der Waals surface area (Å²) in [7, 11) is 0. The normalized spacial score (nSPS) is 31.3. The summed E-state index contributed by atoms with van der Waals surface area (Å²) in [6.45, 7) is 1.73. The van der Waals surface area contributed by atoms with E-state index >= 15 is 0 Å². The summed E-state index contributed by atoms with van der Waals surface area (Å²) >= 11 is 7.28. The van der Waals surface area contributed by atoms with Crippen molar-refractivity contribution in [3.8, 4) is 0 Å². The number of hydrogen-bond donors (Lipinski definition) is 2. The van der Waals surface area contributed by atoms with E-state index in [1.165, 1.54) is 16.7 Å². The number of rotatable bonds is 5. The molecule has 0 bridgehead atoms. The minimum atomic E-state index is -1.07. The number of nitrogens with one attached hydrogen (secondary N) is 1. The molecule has 1 aromatic carbocycles. The van der Waals surface area contributed by atoms with Crippen molar-refractivity contribution in [2.75, 3.05) is 5.88 Å². The molecular weight excluding hydrogens is 352 g/mol. The van der Waals surface area contributed by atoms with Crippen LogP contribution in [-0.4, -0.2) is 55.9 Å². The Morgan fingerprint density at radius 1 is 1.38 bits per heavy atom. The molecule has 8 heteroatoms. The number of halogens is 1. The summed E-state index contributed by atoms with van der Waals surface area (Å²) in [5, 5.41) is 11.8. The maximum absolute atomic E-state index is 12.3. The topological polar surface area (TPSA) is 86.7 Å². The number of nitrogens with zero attached hydrogens (tertiary/aromatic N) is 1. The lowest BCUT2D eigenvalue weighted by Crippen LogP contribution is -2.70. The van der Waals surface area contributed by atoms with Gasteiger partial charge >= 0.3 is 5.97 Å². The van der Waals surface area contributed by atoms with Crippen LogP contribution in [0, 0.1) is 0 Å². The number of thioether (sulfide) groups is 1. The van der Waals surface area contributed by atoms with E-state index in [4.69, 9.17) is 11.6 Å². The smallest absolute Gasteiger partial charge is 0.327 e. The minimum absolute atomic E-state index is 0.111. The largest absolute Gasteiger partial charge is 0.480 e. The highest BCUT2D eigenvalue weighted by Gasteiger charge is 2.65. The number of benzene rings is 1. The Labute approximate surface area is 148 Å². The third kappa shape index (κ3) is 2.75. The van der Waals surface area contributed by atoms with E-state index < -0.39 is 22.8 Å². The molecule has 128 valence electrons. The van der Waals surface area contributed by atoms with Crippen molar-refractivity contribution in [1.29, 1.82) is 0 Å². The molecule has 3 rings (SSSR count). The molecule has 2 fully saturated rings. The van der Waals surface area contributed by atoms with Gasteiger partial charge in [-0.1, -0.05) is 30.3 Å². The van der Waals surface area contributed by atoms with Gasteiger partial charge in [0.15, 0.2) is 0 Å². The van der Waals surface area contributed by atoms with Gasteiger partial charge in [0, 0.05) is 5.88 Å². The predicted octanol–water partition coefficient (Wildman–Crippen LogP) is 1.08. The van der Waals surface area contributed by atoms with Gasteiger partial charge < -0.3 is 15.3 Å². The van der Waals surface area contributed by atoms with Crippen molar-refractivity contribution in [2.24, 2.45) is 0 Å². The van der Waals surface area contributed by atoms with Gasteiger partial charge in [0.25, 0.3) is 0 Å². The number of carbonyl (C=O) groups is 3. The third-order valence-corrected chi connectivity index (χ3v) is 6.71. The zero-order chi connectivity index (χ0) is 17.5. The Morgan fingerprint density at radius 3 is 2.62 bits per heavy atom. The van der Waals surface area contributed by atoms with E-state index in [9.17, 15) is 19.5 Å². The quantitative estimate of drug-likeness (QED) is 0.600. The van der Waals surface area contributed by atoms with Gasteiger partial charge in [-0.15, -0.1) is 23.4 Å². The number of amides is 2. The fourth-order valence-electron chi connectivity index (χ4n) is 3.14. The Bertz CT molecular complexity index is 686. The van der Waals surface area contributed by atoms with Crippen LogP contribution in [0.4, 0.5) is 0 Å². The molecule has 0 radical (unpaired) electrons. The van der Waals surface area contributed by atoms with Gasteiger partial charge in [-0.2, -0.15) is 0 Å². The van der Waals surface area contributed by atoms with Crippen LogP contribution in [-0.2, 0) is 20.8 Å². The molecule has 0 saturated carbocycles. The van der Waals surface area contributed by atoms with E-state index in [1.54, 1.807) is 6.92 Å². The standard InChI is InChI=1S/C16H17ClN2O4S/c1-16(8-17)12(15(22)23)19-13(21)11(14(19)24-16)18-10(20)7-9-5-3-2-4-6-9/h2-6,11-12,14H,7-8H2,1H3,(H,18,20)(H,22,23)/t11?,12?,14-,16-/m0/s1. The number of carbonyl (C=O) groups excluding carboxylic acids is 2. The lowest BCUT2D eigenvalue weighted by molar-refractivity contribution is -0.161. The maximum Gasteiger partial charge on any atom is 0.327 e. The summed E-state index contributed by atoms with van der Waals surface area (Å²) in [5.74, 6) is -1.59. The van der Waals surface area contributed by atoms with Crippen LogP contribution in [0.5, 0.6) is 0 Å². The molecule has 0 aromatic heterocycles. The molecule has 4 atom stereocenters. The second-order valence-electron chi connectivity index (χ2n) is 6.15. The van der Waals surface area contributed by atoms with E-state index in [-0.39, 0.29) is 29.5 Å². The van der Waals surface area contributed by atoms with Gasteiger partial charge in [0.05, 0.1) is 11.2 Å². The summed E-state index contributed by atoms with van der Waals surface area (Å²) in [4.78, 5) is 37.4. The Morgan fingerprint density at radius 2 is 2.04 bits per heavy atom. The van der Waals surface area contributed by atoms with Crippen LogP contribution in [0.25, 0.3) is 0 Å². The molecule has 2 amide bonds. The Balaban J connectivity index is 1.69. The number of fused-ring (bicyclic) bond motifs is 1. The monoisotopic (exact) mass is 368 g/mol. The number of β-lactam (4-membered cyclic amide) rings is 1. The lowest BCUT2D eigenvalue weighted by atomic mass is 9.95. The van der Waals surface area contributed by atoms with Crippen molar-refractivity contribution in [2.45, 2.75) is 35.5 Å². The number of aliphatic carboxylic acids is 1. The fraction of sp³-hybridized carbons (Fsp3) is 0.438. The fourth-order valence-corrected chi connectivity index (χ4v) is 5.10. The molecule has 0 spiro atoms. The molecule has 2 aliphatic heterocycles. The maximum atomic E-state index is 12.3. The first-order valence-corrected chi connectivity index (χ1v) is 8.91. The van der Waals surface area contributed by atoms with Gasteiger partial charge in [-0.05, 0) is 12.5 Å². The highest BCUT2D eigenvalue weighted by Crippen LogP contribution is 2.51. The van der Waals surface area contributed by atoms with Gasteiger partial charge in [0.2, 0.25) is 11.8 Å². The van der Waals surface area contributed by atoms with Crippen LogP contribution in [0.2, 0.25) is 0 Å².